The third-order valence-corrected chi connectivity index (χ3v) is 5.13. The number of hydrogen-bond acceptors (Lipinski definition) is 6. The van der Waals surface area contributed by atoms with Crippen LogP contribution in [0.2, 0.25) is 5.02 Å². The zero-order chi connectivity index (χ0) is 24.7. The number of nitrogens with zero attached hydrogens (tertiary/aromatic N) is 2. The van der Waals surface area contributed by atoms with Crippen LogP contribution in [0, 0.1) is 10.1 Å². The van der Waals surface area contributed by atoms with E-state index in [1.165, 1.54) is 23.1 Å². The maximum absolute atomic E-state index is 12.6. The third kappa shape index (κ3) is 6.17. The Morgan fingerprint density at radius 3 is 2.35 bits per heavy atom. The minimum absolute atomic E-state index is 0.00634. The van der Waals surface area contributed by atoms with E-state index in [0.717, 1.165) is 17.7 Å². The lowest BCUT2D eigenvalue weighted by atomic mass is 10.1. The molecular formula is C24H20ClN3O6. The number of rotatable bonds is 8. The predicted molar refractivity (Wildman–Crippen MR) is 126 cm³/mol. The van der Waals surface area contributed by atoms with Gasteiger partial charge < -0.3 is 15.0 Å². The number of para-hydroxylation sites is 1. The molecule has 0 aliphatic rings. The molecule has 0 fully saturated rings. The Balaban J connectivity index is 1.65. The summed E-state index contributed by atoms with van der Waals surface area (Å²) in [7, 11) is 1.60. The van der Waals surface area contributed by atoms with Gasteiger partial charge in [0, 0.05) is 25.7 Å². The van der Waals surface area contributed by atoms with Crippen LogP contribution in [-0.4, -0.2) is 41.3 Å². The minimum atomic E-state index is -0.799. The summed E-state index contributed by atoms with van der Waals surface area (Å²) in [5, 5.41) is 13.3. The SMILES string of the molecule is CN(Cc1ccccc1)C(=O)COC(=O)c1ccccc1NC(=O)c1ccc([N+](=O)[O-])cc1Cl. The molecule has 0 aromatic heterocycles. The van der Waals surface area contributed by atoms with Crippen LogP contribution < -0.4 is 5.32 Å². The van der Waals surface area contributed by atoms with Crippen LogP contribution >= 0.6 is 11.6 Å². The Morgan fingerprint density at radius 1 is 1.00 bits per heavy atom. The highest BCUT2D eigenvalue weighted by Gasteiger charge is 2.20. The molecule has 0 spiro atoms. The van der Waals surface area contributed by atoms with Gasteiger partial charge in [-0.15, -0.1) is 0 Å². The van der Waals surface area contributed by atoms with E-state index in [-0.39, 0.29) is 27.5 Å². The summed E-state index contributed by atoms with van der Waals surface area (Å²) in [4.78, 5) is 49.3. The number of carbonyl (C=O) groups excluding carboxylic acids is 3. The van der Waals surface area contributed by atoms with E-state index >= 15 is 0 Å². The number of ether oxygens (including phenoxy) is 1. The molecule has 0 radical (unpaired) electrons. The average molecular weight is 482 g/mol. The van der Waals surface area contributed by atoms with Crippen LogP contribution in [0.15, 0.2) is 72.8 Å². The molecule has 0 saturated carbocycles. The number of anilines is 1. The van der Waals surface area contributed by atoms with Crippen molar-refractivity contribution in [1.82, 2.24) is 4.90 Å². The molecule has 3 rings (SSSR count). The quantitative estimate of drug-likeness (QED) is 0.291. The lowest BCUT2D eigenvalue weighted by Crippen LogP contribution is -2.31. The zero-order valence-electron chi connectivity index (χ0n) is 18.1. The first-order valence-electron chi connectivity index (χ1n) is 10.1. The molecule has 1 N–H and O–H groups in total. The maximum Gasteiger partial charge on any atom is 0.340 e. The molecule has 0 atom stereocenters. The first-order chi connectivity index (χ1) is 16.3. The number of amides is 2. The summed E-state index contributed by atoms with van der Waals surface area (Å²) in [6.45, 7) is -0.113. The van der Waals surface area contributed by atoms with Crippen molar-refractivity contribution in [2.45, 2.75) is 6.54 Å². The molecular weight excluding hydrogens is 462 g/mol. The van der Waals surface area contributed by atoms with Gasteiger partial charge in [0.05, 0.1) is 26.8 Å². The summed E-state index contributed by atoms with van der Waals surface area (Å²) in [6.07, 6.45) is 0. The zero-order valence-corrected chi connectivity index (χ0v) is 18.8. The largest absolute Gasteiger partial charge is 0.452 e. The van der Waals surface area contributed by atoms with Crippen molar-refractivity contribution in [3.05, 3.63) is 105 Å². The van der Waals surface area contributed by atoms with Crippen molar-refractivity contribution in [3.63, 3.8) is 0 Å². The van der Waals surface area contributed by atoms with Gasteiger partial charge in [0.2, 0.25) is 0 Å². The highest BCUT2D eigenvalue weighted by Crippen LogP contribution is 2.24. The highest BCUT2D eigenvalue weighted by atomic mass is 35.5. The van der Waals surface area contributed by atoms with Crippen molar-refractivity contribution in [2.75, 3.05) is 19.0 Å². The minimum Gasteiger partial charge on any atom is -0.452 e. The molecule has 0 heterocycles. The van der Waals surface area contributed by atoms with Crippen LogP contribution in [0.3, 0.4) is 0 Å². The van der Waals surface area contributed by atoms with E-state index in [0.29, 0.717) is 6.54 Å². The topological polar surface area (TPSA) is 119 Å². The number of nitrogens with one attached hydrogen (secondary N) is 1. The summed E-state index contributed by atoms with van der Waals surface area (Å²) >= 11 is 6.01. The molecule has 0 bridgehead atoms. The lowest BCUT2D eigenvalue weighted by Gasteiger charge is -2.17. The van der Waals surface area contributed by atoms with E-state index in [4.69, 9.17) is 16.3 Å². The van der Waals surface area contributed by atoms with Gasteiger partial charge >= 0.3 is 5.97 Å². The molecule has 9 nitrogen and oxygen atoms in total. The predicted octanol–water partition coefficient (Wildman–Crippen LogP) is 4.32. The van der Waals surface area contributed by atoms with Gasteiger partial charge in [0.25, 0.3) is 17.5 Å². The number of nitro benzene ring substituents is 1. The van der Waals surface area contributed by atoms with Crippen LogP contribution in [0.25, 0.3) is 0 Å². The Hall–Kier alpha value is -4.24. The Labute approximate surface area is 200 Å². The number of non-ortho nitro benzene ring substituents is 1. The molecule has 0 aliphatic heterocycles. The van der Waals surface area contributed by atoms with Crippen molar-refractivity contribution < 1.29 is 24.0 Å². The number of halogens is 1. The number of benzene rings is 3. The Kier molecular flexibility index (Phi) is 7.94. The van der Waals surface area contributed by atoms with Crippen molar-refractivity contribution in [3.8, 4) is 0 Å². The fourth-order valence-electron chi connectivity index (χ4n) is 3.02. The van der Waals surface area contributed by atoms with Gasteiger partial charge in [-0.1, -0.05) is 54.1 Å². The van der Waals surface area contributed by atoms with Gasteiger partial charge in [-0.25, -0.2) is 4.79 Å². The van der Waals surface area contributed by atoms with Gasteiger partial charge in [-0.3, -0.25) is 19.7 Å². The van der Waals surface area contributed by atoms with E-state index < -0.39 is 29.3 Å². The van der Waals surface area contributed by atoms with Gasteiger partial charge in [-0.05, 0) is 23.8 Å². The average Bonchev–Trinajstić information content (AvgIpc) is 2.83. The highest BCUT2D eigenvalue weighted by molar-refractivity contribution is 6.34. The number of likely N-dealkylation sites (N-methyl/N-ethyl adjacent to an activating group) is 1. The molecule has 2 amide bonds. The molecule has 0 aliphatic carbocycles. The van der Waals surface area contributed by atoms with Crippen LogP contribution in [0.4, 0.5) is 11.4 Å². The van der Waals surface area contributed by atoms with Crippen molar-refractivity contribution in [2.24, 2.45) is 0 Å². The molecule has 34 heavy (non-hydrogen) atoms. The van der Waals surface area contributed by atoms with Gasteiger partial charge in [-0.2, -0.15) is 0 Å². The number of hydrogen-bond donors (Lipinski definition) is 1. The van der Waals surface area contributed by atoms with Crippen LogP contribution in [0.1, 0.15) is 26.3 Å². The number of esters is 1. The second-order valence-electron chi connectivity index (χ2n) is 7.23. The summed E-state index contributed by atoms with van der Waals surface area (Å²) in [5.74, 6) is -1.86. The molecule has 0 unspecified atom stereocenters. The normalized spacial score (nSPS) is 10.3. The molecule has 10 heteroatoms. The second kappa shape index (κ2) is 11.1. The maximum atomic E-state index is 12.6. The molecule has 174 valence electrons. The summed E-state index contributed by atoms with van der Waals surface area (Å²) in [5.41, 5.74) is 0.840. The smallest absolute Gasteiger partial charge is 0.340 e. The molecule has 3 aromatic carbocycles. The lowest BCUT2D eigenvalue weighted by molar-refractivity contribution is -0.384. The van der Waals surface area contributed by atoms with E-state index in [1.54, 1.807) is 19.2 Å². The Bertz CT molecular complexity index is 1230. The van der Waals surface area contributed by atoms with E-state index in [2.05, 4.69) is 5.32 Å². The molecule has 3 aromatic rings. The number of carbonyl (C=O) groups is 3. The molecule has 0 saturated heterocycles. The van der Waals surface area contributed by atoms with Crippen molar-refractivity contribution >= 4 is 40.8 Å². The van der Waals surface area contributed by atoms with Gasteiger partial charge in [0.15, 0.2) is 6.61 Å². The third-order valence-electron chi connectivity index (χ3n) is 4.82. The van der Waals surface area contributed by atoms with E-state index in [9.17, 15) is 24.5 Å². The fraction of sp³-hybridized carbons (Fsp3) is 0.125. The van der Waals surface area contributed by atoms with Crippen molar-refractivity contribution in [1.29, 1.82) is 0 Å². The van der Waals surface area contributed by atoms with Crippen LogP contribution in [0.5, 0.6) is 0 Å². The second-order valence-corrected chi connectivity index (χ2v) is 7.64. The first-order valence-corrected chi connectivity index (χ1v) is 10.4. The number of nitro groups is 1. The Morgan fingerprint density at radius 2 is 1.68 bits per heavy atom. The first kappa shape index (κ1) is 24.4. The van der Waals surface area contributed by atoms with Crippen LogP contribution in [-0.2, 0) is 16.1 Å². The van der Waals surface area contributed by atoms with Gasteiger partial charge in [0.1, 0.15) is 0 Å². The standard InChI is InChI=1S/C24H20ClN3O6/c1-27(14-16-7-3-2-4-8-16)22(29)15-34-24(31)19-9-5-6-10-21(19)26-23(30)18-12-11-17(28(32)33)13-20(18)25/h2-13H,14-15H2,1H3,(H,26,30). The van der Waals surface area contributed by atoms with E-state index in [1.807, 2.05) is 30.3 Å². The summed E-state index contributed by atoms with van der Waals surface area (Å²) in [6, 6.07) is 18.9. The summed E-state index contributed by atoms with van der Waals surface area (Å²) < 4.78 is 5.16. The fourth-order valence-corrected chi connectivity index (χ4v) is 3.28. The monoisotopic (exact) mass is 481 g/mol.